The van der Waals surface area contributed by atoms with Crippen LogP contribution in [0.3, 0.4) is 0 Å². The summed E-state index contributed by atoms with van der Waals surface area (Å²) in [6.45, 7) is 4.12. The molecule has 3 rings (SSSR count). The molecule has 278 valence electrons. The number of aliphatic hydroxyl groups excluding tert-OH is 4. The van der Waals surface area contributed by atoms with Gasteiger partial charge in [-0.25, -0.2) is 0 Å². The van der Waals surface area contributed by atoms with Crippen LogP contribution >= 0.6 is 0 Å². The van der Waals surface area contributed by atoms with Crippen molar-refractivity contribution in [1.82, 2.24) is 9.78 Å². The molecule has 0 radical (unpaired) electrons. The van der Waals surface area contributed by atoms with Gasteiger partial charge in [-0.1, -0.05) is 121 Å². The van der Waals surface area contributed by atoms with Gasteiger partial charge in [-0.05, 0) is 70.1 Å². The lowest BCUT2D eigenvalue weighted by Gasteiger charge is -2.22. The lowest BCUT2D eigenvalue weighted by Crippen LogP contribution is -2.31. The molecule has 0 saturated carbocycles. The van der Waals surface area contributed by atoms with Crippen molar-refractivity contribution in [2.75, 3.05) is 0 Å². The molecule has 1 aromatic heterocycles. The van der Waals surface area contributed by atoms with Crippen molar-refractivity contribution in [3.8, 4) is 5.69 Å². The number of unbranched alkanes of at least 4 members (excludes halogenated alkanes) is 13. The molecular formula is C41H68N2O6. The summed E-state index contributed by atoms with van der Waals surface area (Å²) in [5.41, 5.74) is 1.85. The molecule has 0 bridgehead atoms. The number of hydrogen-bond acceptors (Lipinski definition) is 7. The van der Waals surface area contributed by atoms with Gasteiger partial charge in [-0.3, -0.25) is 4.79 Å². The van der Waals surface area contributed by atoms with Gasteiger partial charge in [0.1, 0.15) is 0 Å². The van der Waals surface area contributed by atoms with Crippen molar-refractivity contribution >= 4 is 0 Å². The number of para-hydroxylation sites is 1. The third kappa shape index (κ3) is 16.2. The molecule has 6 atom stereocenters. The highest BCUT2D eigenvalue weighted by Crippen LogP contribution is 2.28. The summed E-state index contributed by atoms with van der Waals surface area (Å²) in [5.74, 6) is 0. The van der Waals surface area contributed by atoms with Gasteiger partial charge in [-0.15, -0.1) is 0 Å². The number of rotatable bonds is 27. The van der Waals surface area contributed by atoms with Gasteiger partial charge in [0.05, 0.1) is 48.0 Å². The van der Waals surface area contributed by atoms with E-state index in [1.807, 2.05) is 37.3 Å². The van der Waals surface area contributed by atoms with Gasteiger partial charge >= 0.3 is 0 Å². The Morgan fingerprint density at radius 1 is 0.755 bits per heavy atom. The first kappa shape index (κ1) is 41.3. The Balaban J connectivity index is 1.20. The fraction of sp³-hybridized carbons (Fsp3) is 0.756. The van der Waals surface area contributed by atoms with Crippen molar-refractivity contribution in [1.29, 1.82) is 0 Å². The summed E-state index contributed by atoms with van der Waals surface area (Å²) in [5, 5.41) is 46.7. The van der Waals surface area contributed by atoms with Crippen LogP contribution < -0.4 is 5.56 Å². The molecule has 8 heteroatoms. The van der Waals surface area contributed by atoms with Gasteiger partial charge < -0.3 is 25.2 Å². The molecule has 0 unspecified atom stereocenters. The predicted molar refractivity (Wildman–Crippen MR) is 198 cm³/mol. The predicted octanol–water partition coefficient (Wildman–Crippen LogP) is 7.90. The largest absolute Gasteiger partial charge is 0.393 e. The third-order valence-electron chi connectivity index (χ3n) is 10.3. The molecule has 0 aliphatic carbocycles. The topological polar surface area (TPSA) is 125 Å². The van der Waals surface area contributed by atoms with Crippen LogP contribution in [0.1, 0.15) is 159 Å². The summed E-state index contributed by atoms with van der Waals surface area (Å²) >= 11 is 0. The Kier molecular flexibility index (Phi) is 20.4. The van der Waals surface area contributed by atoms with Crippen molar-refractivity contribution in [2.45, 2.75) is 198 Å². The molecule has 2 aromatic rings. The highest BCUT2D eigenvalue weighted by atomic mass is 16.5. The van der Waals surface area contributed by atoms with E-state index < -0.39 is 24.4 Å². The van der Waals surface area contributed by atoms with Gasteiger partial charge in [0.2, 0.25) is 0 Å². The fourth-order valence-electron chi connectivity index (χ4n) is 7.19. The van der Waals surface area contributed by atoms with Gasteiger partial charge in [0.25, 0.3) is 5.56 Å². The monoisotopic (exact) mass is 685 g/mol. The second-order valence-corrected chi connectivity index (χ2v) is 14.7. The molecule has 1 saturated heterocycles. The second-order valence-electron chi connectivity index (χ2n) is 14.7. The van der Waals surface area contributed by atoms with E-state index >= 15 is 0 Å². The third-order valence-corrected chi connectivity index (χ3v) is 10.3. The number of aromatic nitrogens is 2. The molecular weight excluding hydrogens is 616 g/mol. The highest BCUT2D eigenvalue weighted by molar-refractivity contribution is 5.31. The van der Waals surface area contributed by atoms with Crippen LogP contribution in [0.15, 0.2) is 41.2 Å². The molecule has 4 N–H and O–H groups in total. The lowest BCUT2D eigenvalue weighted by atomic mass is 9.97. The number of ether oxygens (including phenoxy) is 1. The Morgan fingerprint density at radius 3 is 2.02 bits per heavy atom. The van der Waals surface area contributed by atoms with Crippen LogP contribution in [0.5, 0.6) is 0 Å². The minimum Gasteiger partial charge on any atom is -0.393 e. The van der Waals surface area contributed by atoms with Crippen molar-refractivity contribution in [2.24, 2.45) is 0 Å². The van der Waals surface area contributed by atoms with Crippen LogP contribution in [0.4, 0.5) is 0 Å². The first-order valence-electron chi connectivity index (χ1n) is 19.8. The fourth-order valence-corrected chi connectivity index (χ4v) is 7.19. The minimum atomic E-state index is -0.803. The summed E-state index contributed by atoms with van der Waals surface area (Å²) in [4.78, 5) is 13.0. The maximum Gasteiger partial charge on any atom is 0.274 e. The zero-order valence-corrected chi connectivity index (χ0v) is 30.7. The van der Waals surface area contributed by atoms with Crippen LogP contribution in [-0.4, -0.2) is 66.8 Å². The SMILES string of the molecule is CCCCCCCCCCCCCC[C@H](O)[C@@H](O)CC[C@H](O)[C@@H]1CC[C@@H](CCCCC[C@@H](O)Cc2cc(C)nn(-c3ccccc3)c2=O)O1. The normalized spacial score (nSPS) is 18.8. The molecule has 1 aliphatic heterocycles. The maximum atomic E-state index is 13.0. The van der Waals surface area contributed by atoms with Gasteiger partial charge in [0, 0.05) is 12.0 Å². The summed E-state index contributed by atoms with van der Waals surface area (Å²) in [6, 6.07) is 11.1. The average Bonchev–Trinajstić information content (AvgIpc) is 3.58. The molecule has 2 heterocycles. The van der Waals surface area contributed by atoms with Crippen LogP contribution in [0.25, 0.3) is 5.69 Å². The van der Waals surface area contributed by atoms with E-state index in [0.29, 0.717) is 43.4 Å². The number of hydrogen-bond donors (Lipinski definition) is 4. The van der Waals surface area contributed by atoms with E-state index in [9.17, 15) is 25.2 Å². The zero-order valence-electron chi connectivity index (χ0n) is 30.7. The van der Waals surface area contributed by atoms with Crippen LogP contribution in [0, 0.1) is 6.92 Å². The molecule has 1 fully saturated rings. The van der Waals surface area contributed by atoms with E-state index in [4.69, 9.17) is 4.74 Å². The summed E-state index contributed by atoms with van der Waals surface area (Å²) in [6.07, 6.45) is 20.3. The molecule has 1 aromatic carbocycles. The summed E-state index contributed by atoms with van der Waals surface area (Å²) in [7, 11) is 0. The smallest absolute Gasteiger partial charge is 0.274 e. The lowest BCUT2D eigenvalue weighted by molar-refractivity contribution is -0.0509. The van der Waals surface area contributed by atoms with E-state index in [1.165, 1.54) is 68.9 Å². The standard InChI is InChI=1S/C41H68N2O6/c1-3-4-5-6-7-8-9-10-11-12-13-20-25-37(45)38(46)27-28-39(47)40-29-26-36(49-40)24-19-15-18-23-35(44)31-33-30-32(2)42-43(41(33)48)34-21-16-14-17-22-34/h14,16-17,21-22,30,35-40,44-47H,3-13,15,18-20,23-29,31H2,1-2H3/t35-,36-,37+,38+,39+,40+/m1/s1. The van der Waals surface area contributed by atoms with Crippen molar-refractivity contribution in [3.05, 3.63) is 58.0 Å². The second kappa shape index (κ2) is 24.2. The number of aliphatic hydroxyl groups is 4. The molecule has 1 aliphatic rings. The Morgan fingerprint density at radius 2 is 1.35 bits per heavy atom. The quantitative estimate of drug-likeness (QED) is 0.0706. The van der Waals surface area contributed by atoms with E-state index in [2.05, 4.69) is 12.0 Å². The van der Waals surface area contributed by atoms with E-state index in [-0.39, 0.29) is 17.8 Å². The Hall–Kier alpha value is -2.10. The number of aryl methyl sites for hydroxylation is 1. The molecule has 0 amide bonds. The minimum absolute atomic E-state index is 0.127. The van der Waals surface area contributed by atoms with E-state index in [0.717, 1.165) is 57.1 Å². The zero-order chi connectivity index (χ0) is 35.3. The first-order valence-corrected chi connectivity index (χ1v) is 19.8. The number of benzene rings is 1. The maximum absolute atomic E-state index is 13.0. The average molecular weight is 685 g/mol. The Labute approximate surface area is 296 Å². The first-order chi connectivity index (χ1) is 23.8. The van der Waals surface area contributed by atoms with Crippen molar-refractivity contribution < 1.29 is 25.2 Å². The van der Waals surface area contributed by atoms with Crippen molar-refractivity contribution in [3.63, 3.8) is 0 Å². The van der Waals surface area contributed by atoms with Crippen LogP contribution in [0.2, 0.25) is 0 Å². The van der Waals surface area contributed by atoms with Gasteiger partial charge in [-0.2, -0.15) is 9.78 Å². The summed E-state index contributed by atoms with van der Waals surface area (Å²) < 4.78 is 7.57. The number of nitrogens with zero attached hydrogens (tertiary/aromatic N) is 2. The Bertz CT molecular complexity index is 1190. The highest BCUT2D eigenvalue weighted by Gasteiger charge is 2.31. The molecule has 8 nitrogen and oxygen atoms in total. The van der Waals surface area contributed by atoms with E-state index in [1.54, 1.807) is 6.07 Å². The molecule has 49 heavy (non-hydrogen) atoms. The van der Waals surface area contributed by atoms with Crippen LogP contribution in [-0.2, 0) is 11.2 Å². The van der Waals surface area contributed by atoms with Gasteiger partial charge in [0.15, 0.2) is 0 Å². The molecule has 0 spiro atoms.